The number of benzene rings is 10. The standard InChI is InChI=1S/C52H32O/c1-3-13-33(14-4-1)37-24-27-42-47-30-36(25-28-49(47)53-50(42)32-37)35-23-26-39-38(29-35)31-48(41-18-8-7-17-40(39)41)52-45-21-11-9-19-43(45)51(34-15-5-2-6-16-34)44-20-10-12-22-46(44)52/h1-32H/i1D,2D,3D,4D,5D,6D,13D,14D,15D,16D. The molecule has 0 saturated carbocycles. The largest absolute Gasteiger partial charge is 0.456 e. The van der Waals surface area contributed by atoms with Gasteiger partial charge in [-0.05, 0) is 124 Å². The minimum absolute atomic E-state index is 0.123. The summed E-state index contributed by atoms with van der Waals surface area (Å²) in [7, 11) is 0. The number of furan rings is 1. The maximum absolute atomic E-state index is 8.97. The molecule has 0 aliphatic carbocycles. The first kappa shape index (κ1) is 21.4. The van der Waals surface area contributed by atoms with Crippen LogP contribution in [0.15, 0.2) is 198 Å². The third kappa shape index (κ3) is 4.71. The van der Waals surface area contributed by atoms with Crippen molar-refractivity contribution in [3.63, 3.8) is 0 Å². The number of hydrogen-bond donors (Lipinski definition) is 0. The van der Waals surface area contributed by atoms with Gasteiger partial charge in [0, 0.05) is 10.8 Å². The van der Waals surface area contributed by atoms with E-state index in [0.29, 0.717) is 22.3 Å². The summed E-state index contributed by atoms with van der Waals surface area (Å²) < 4.78 is 90.9. The minimum atomic E-state index is -0.435. The Kier molecular flexibility index (Phi) is 4.77. The monoisotopic (exact) mass is 682 g/mol. The molecule has 0 bridgehead atoms. The summed E-state index contributed by atoms with van der Waals surface area (Å²) in [6.45, 7) is 0. The third-order valence-electron chi connectivity index (χ3n) is 10.4. The number of rotatable bonds is 4. The van der Waals surface area contributed by atoms with Crippen LogP contribution in [0.3, 0.4) is 0 Å². The van der Waals surface area contributed by atoms with Gasteiger partial charge >= 0.3 is 0 Å². The number of fused-ring (bicyclic) bond motifs is 8. The van der Waals surface area contributed by atoms with Gasteiger partial charge in [-0.3, -0.25) is 0 Å². The van der Waals surface area contributed by atoms with E-state index >= 15 is 0 Å². The van der Waals surface area contributed by atoms with Crippen molar-refractivity contribution in [1.82, 2.24) is 0 Å². The van der Waals surface area contributed by atoms with E-state index < -0.39 is 12.1 Å². The van der Waals surface area contributed by atoms with Crippen LogP contribution in [0.1, 0.15) is 13.7 Å². The first-order valence-electron chi connectivity index (χ1n) is 22.4. The highest BCUT2D eigenvalue weighted by molar-refractivity contribution is 6.26. The smallest absolute Gasteiger partial charge is 0.136 e. The molecule has 0 amide bonds. The van der Waals surface area contributed by atoms with Gasteiger partial charge in [-0.2, -0.15) is 0 Å². The molecule has 11 rings (SSSR count). The molecule has 53 heavy (non-hydrogen) atoms. The van der Waals surface area contributed by atoms with Crippen LogP contribution >= 0.6 is 0 Å². The second-order valence-corrected chi connectivity index (χ2v) is 13.3. The Morgan fingerprint density at radius 3 is 1.53 bits per heavy atom. The Hall–Kier alpha value is -6.96. The van der Waals surface area contributed by atoms with Gasteiger partial charge in [-0.1, -0.05) is 157 Å². The van der Waals surface area contributed by atoms with E-state index in [4.69, 9.17) is 18.1 Å². The molecule has 0 radical (unpaired) electrons. The molecule has 0 aliphatic rings. The molecule has 246 valence electrons. The van der Waals surface area contributed by atoms with Crippen molar-refractivity contribution in [3.05, 3.63) is 194 Å². The lowest BCUT2D eigenvalue weighted by atomic mass is 9.83. The quantitative estimate of drug-likeness (QED) is 0.133. The van der Waals surface area contributed by atoms with Gasteiger partial charge < -0.3 is 4.42 Å². The van der Waals surface area contributed by atoms with Crippen molar-refractivity contribution < 1.29 is 18.1 Å². The predicted molar refractivity (Wildman–Crippen MR) is 225 cm³/mol. The molecule has 1 nitrogen and oxygen atoms in total. The molecule has 0 unspecified atom stereocenters. The fraction of sp³-hybridized carbons (Fsp3) is 0. The van der Waals surface area contributed by atoms with E-state index in [1.165, 1.54) is 0 Å². The summed E-state index contributed by atoms with van der Waals surface area (Å²) in [4.78, 5) is 0. The van der Waals surface area contributed by atoms with E-state index in [1.807, 2.05) is 78.9 Å². The number of hydrogen-bond acceptors (Lipinski definition) is 1. The first-order valence-corrected chi connectivity index (χ1v) is 17.4. The summed E-state index contributed by atoms with van der Waals surface area (Å²) in [5.74, 6) is 0. The van der Waals surface area contributed by atoms with E-state index in [-0.39, 0.29) is 59.5 Å². The highest BCUT2D eigenvalue weighted by atomic mass is 16.3. The molecule has 1 aromatic heterocycles. The molecule has 0 aliphatic heterocycles. The summed E-state index contributed by atoms with van der Waals surface area (Å²) in [6, 6.07) is 40.8. The highest BCUT2D eigenvalue weighted by Gasteiger charge is 2.19. The maximum atomic E-state index is 8.97. The molecular formula is C52H32O. The summed E-state index contributed by atoms with van der Waals surface area (Å²) in [5.41, 5.74) is 6.50. The molecule has 0 spiro atoms. The van der Waals surface area contributed by atoms with E-state index in [1.54, 1.807) is 12.1 Å². The second-order valence-electron chi connectivity index (χ2n) is 13.3. The first-order chi connectivity index (χ1) is 30.4. The Morgan fingerprint density at radius 1 is 0.321 bits per heavy atom. The van der Waals surface area contributed by atoms with Gasteiger partial charge in [-0.15, -0.1) is 0 Å². The molecular weight excluding hydrogens is 641 g/mol. The lowest BCUT2D eigenvalue weighted by Gasteiger charge is -2.19. The average molecular weight is 683 g/mol. The molecule has 0 N–H and O–H groups in total. The SMILES string of the molecule is [2H]c1c([2H])c([2H])c(-c2ccc3c(c2)oc2ccc(-c4ccc5c(c4)cc(-c4c6ccccc6c(-c6c([2H])c([2H])c([2H])c([2H])c6[2H])c6ccccc46)c4ccccc45)cc23)c([2H])c1[2H]. The zero-order chi connectivity index (χ0) is 43.6. The second kappa shape index (κ2) is 11.8. The highest BCUT2D eigenvalue weighted by Crippen LogP contribution is 2.47. The van der Waals surface area contributed by atoms with Gasteiger partial charge in [0.15, 0.2) is 0 Å². The molecule has 0 atom stereocenters. The summed E-state index contributed by atoms with van der Waals surface area (Å²) in [6.07, 6.45) is 0. The van der Waals surface area contributed by atoms with Crippen LogP contribution in [0.25, 0.3) is 110 Å². The molecule has 1 heteroatoms. The normalized spacial score (nSPS) is 14.4. The van der Waals surface area contributed by atoms with Gasteiger partial charge in [0.25, 0.3) is 0 Å². The van der Waals surface area contributed by atoms with E-state index in [9.17, 15) is 0 Å². The van der Waals surface area contributed by atoms with Crippen molar-refractivity contribution in [3.8, 4) is 44.5 Å². The van der Waals surface area contributed by atoms with Crippen molar-refractivity contribution in [2.45, 2.75) is 0 Å². The molecule has 11 aromatic rings. The average Bonchev–Trinajstić information content (AvgIpc) is 3.68. The van der Waals surface area contributed by atoms with Crippen molar-refractivity contribution in [2.75, 3.05) is 0 Å². The van der Waals surface area contributed by atoms with Crippen molar-refractivity contribution in [2.24, 2.45) is 0 Å². The van der Waals surface area contributed by atoms with Crippen molar-refractivity contribution in [1.29, 1.82) is 0 Å². The molecule has 0 fully saturated rings. The maximum Gasteiger partial charge on any atom is 0.136 e. The van der Waals surface area contributed by atoms with Gasteiger partial charge in [0.05, 0.1) is 13.7 Å². The van der Waals surface area contributed by atoms with Crippen LogP contribution in [0.5, 0.6) is 0 Å². The zero-order valence-corrected chi connectivity index (χ0v) is 28.1. The van der Waals surface area contributed by atoms with E-state index in [0.717, 1.165) is 76.1 Å². The zero-order valence-electron chi connectivity index (χ0n) is 38.1. The molecule has 1 heterocycles. The van der Waals surface area contributed by atoms with Crippen LogP contribution in [-0.4, -0.2) is 0 Å². The van der Waals surface area contributed by atoms with Crippen LogP contribution in [0.4, 0.5) is 0 Å². The Morgan fingerprint density at radius 2 is 0.849 bits per heavy atom. The van der Waals surface area contributed by atoms with Gasteiger partial charge in [-0.25, -0.2) is 0 Å². The summed E-state index contributed by atoms with van der Waals surface area (Å²) in [5, 5.41) is 9.30. The van der Waals surface area contributed by atoms with E-state index in [2.05, 4.69) is 42.5 Å². The fourth-order valence-corrected chi connectivity index (χ4v) is 8.07. The van der Waals surface area contributed by atoms with Crippen LogP contribution in [0, 0.1) is 0 Å². The van der Waals surface area contributed by atoms with Gasteiger partial charge in [0.1, 0.15) is 11.2 Å². The summed E-state index contributed by atoms with van der Waals surface area (Å²) >= 11 is 0. The predicted octanol–water partition coefficient (Wildman–Crippen LogP) is 14.9. The topological polar surface area (TPSA) is 13.1 Å². The molecule has 10 aromatic carbocycles. The lowest BCUT2D eigenvalue weighted by Crippen LogP contribution is -1.92. The Labute approximate surface area is 321 Å². The Balaban J connectivity index is 1.11. The molecule has 0 saturated heterocycles. The Bertz CT molecular complexity index is 3700. The van der Waals surface area contributed by atoms with Crippen molar-refractivity contribution >= 4 is 65.0 Å². The van der Waals surface area contributed by atoms with Crippen LogP contribution < -0.4 is 0 Å². The van der Waals surface area contributed by atoms with Crippen LogP contribution in [-0.2, 0) is 0 Å². The van der Waals surface area contributed by atoms with Crippen LogP contribution in [0.2, 0.25) is 0 Å². The van der Waals surface area contributed by atoms with Gasteiger partial charge in [0.2, 0.25) is 0 Å². The third-order valence-corrected chi connectivity index (χ3v) is 10.4. The fourth-order valence-electron chi connectivity index (χ4n) is 8.07. The lowest BCUT2D eigenvalue weighted by molar-refractivity contribution is 0.669. The minimum Gasteiger partial charge on any atom is -0.456 e.